The first kappa shape index (κ1) is 10.8. The van der Waals surface area contributed by atoms with Crippen LogP contribution in [0.2, 0.25) is 5.02 Å². The molecule has 1 aliphatic rings. The third-order valence-corrected chi connectivity index (χ3v) is 2.98. The molecule has 1 unspecified atom stereocenters. The number of hydrogen-bond acceptors (Lipinski definition) is 1. The third-order valence-electron chi connectivity index (χ3n) is 2.73. The smallest absolute Gasteiger partial charge is 0.288 e. The second-order valence-electron chi connectivity index (χ2n) is 3.78. The van der Waals surface area contributed by atoms with Crippen LogP contribution in [-0.2, 0) is 5.92 Å². The van der Waals surface area contributed by atoms with Gasteiger partial charge in [0.2, 0.25) is 0 Å². The molecular weight excluding hydrogens is 220 g/mol. The molecule has 15 heavy (non-hydrogen) atoms. The molecule has 4 heteroatoms. The first-order chi connectivity index (χ1) is 7.10. The number of alkyl halides is 2. The maximum Gasteiger partial charge on any atom is 0.288 e. The minimum Gasteiger partial charge on any atom is -0.308 e. The van der Waals surface area contributed by atoms with E-state index < -0.39 is 12.0 Å². The summed E-state index contributed by atoms with van der Waals surface area (Å²) >= 11 is 5.66. The van der Waals surface area contributed by atoms with Gasteiger partial charge in [-0.3, -0.25) is 0 Å². The molecule has 2 rings (SSSR count). The van der Waals surface area contributed by atoms with Crippen LogP contribution in [0, 0.1) is 0 Å². The highest BCUT2D eigenvalue weighted by molar-refractivity contribution is 6.30. The summed E-state index contributed by atoms with van der Waals surface area (Å²) in [5.41, 5.74) is 0.0336. The van der Waals surface area contributed by atoms with Gasteiger partial charge in [-0.25, -0.2) is 0 Å². The Balaban J connectivity index is 2.23. The molecule has 0 aromatic heterocycles. The molecule has 1 atom stereocenters. The molecule has 1 nitrogen and oxygen atoms in total. The summed E-state index contributed by atoms with van der Waals surface area (Å²) in [6.07, 6.45) is 1.34. The van der Waals surface area contributed by atoms with Crippen LogP contribution in [-0.4, -0.2) is 12.6 Å². The van der Waals surface area contributed by atoms with Gasteiger partial charge < -0.3 is 5.32 Å². The summed E-state index contributed by atoms with van der Waals surface area (Å²) in [6, 6.07) is 5.04. The van der Waals surface area contributed by atoms with Crippen LogP contribution in [0.3, 0.4) is 0 Å². The molecule has 1 saturated heterocycles. The summed E-state index contributed by atoms with van der Waals surface area (Å²) < 4.78 is 27.8. The zero-order valence-corrected chi connectivity index (χ0v) is 8.90. The molecule has 0 spiro atoms. The van der Waals surface area contributed by atoms with E-state index in [0.717, 1.165) is 6.42 Å². The minimum absolute atomic E-state index is 0.0336. The SMILES string of the molecule is FC(F)(c1ccc(Cl)cc1)C1CCCN1. The summed E-state index contributed by atoms with van der Waals surface area (Å²) in [7, 11) is 0. The summed E-state index contributed by atoms with van der Waals surface area (Å²) in [5.74, 6) is -2.80. The van der Waals surface area contributed by atoms with Crippen LogP contribution in [0.5, 0.6) is 0 Å². The van der Waals surface area contributed by atoms with Crippen molar-refractivity contribution in [3.63, 3.8) is 0 Å². The number of benzene rings is 1. The average molecular weight is 232 g/mol. The molecule has 0 saturated carbocycles. The number of rotatable bonds is 2. The van der Waals surface area contributed by atoms with E-state index in [1.54, 1.807) is 0 Å². The third kappa shape index (κ3) is 2.13. The normalized spacial score (nSPS) is 21.9. The van der Waals surface area contributed by atoms with Crippen molar-refractivity contribution in [1.82, 2.24) is 5.32 Å². The molecule has 1 heterocycles. The second-order valence-corrected chi connectivity index (χ2v) is 4.22. The van der Waals surface area contributed by atoms with Gasteiger partial charge in [-0.2, -0.15) is 8.78 Å². The second kappa shape index (κ2) is 4.06. The van der Waals surface area contributed by atoms with Gasteiger partial charge in [-0.05, 0) is 31.5 Å². The quantitative estimate of drug-likeness (QED) is 0.824. The monoisotopic (exact) mass is 231 g/mol. The van der Waals surface area contributed by atoms with Crippen molar-refractivity contribution < 1.29 is 8.78 Å². The van der Waals surface area contributed by atoms with Crippen molar-refractivity contribution in [3.8, 4) is 0 Å². The van der Waals surface area contributed by atoms with E-state index in [0.29, 0.717) is 18.0 Å². The Kier molecular flexibility index (Phi) is 2.94. The fraction of sp³-hybridized carbons (Fsp3) is 0.455. The highest BCUT2D eigenvalue weighted by Crippen LogP contribution is 2.35. The maximum absolute atomic E-state index is 13.9. The van der Waals surface area contributed by atoms with E-state index in [2.05, 4.69) is 5.32 Å². The van der Waals surface area contributed by atoms with E-state index in [9.17, 15) is 8.78 Å². The molecule has 0 radical (unpaired) electrons. The van der Waals surface area contributed by atoms with Crippen molar-refractivity contribution >= 4 is 11.6 Å². The fourth-order valence-electron chi connectivity index (χ4n) is 1.87. The van der Waals surface area contributed by atoms with Crippen molar-refractivity contribution in [1.29, 1.82) is 0 Å². The van der Waals surface area contributed by atoms with Gasteiger partial charge in [0.05, 0.1) is 6.04 Å². The van der Waals surface area contributed by atoms with E-state index in [1.165, 1.54) is 24.3 Å². The Bertz CT molecular complexity index is 331. The Morgan fingerprint density at radius 3 is 2.47 bits per heavy atom. The lowest BCUT2D eigenvalue weighted by molar-refractivity contribution is -0.0376. The highest BCUT2D eigenvalue weighted by Gasteiger charge is 2.42. The molecule has 0 aliphatic carbocycles. The molecule has 1 aromatic carbocycles. The van der Waals surface area contributed by atoms with Crippen LogP contribution < -0.4 is 5.32 Å². The van der Waals surface area contributed by atoms with Crippen LogP contribution in [0.4, 0.5) is 8.78 Å². The van der Waals surface area contributed by atoms with Crippen molar-refractivity contribution in [2.24, 2.45) is 0 Å². The summed E-state index contributed by atoms with van der Waals surface area (Å²) in [5, 5.41) is 3.31. The van der Waals surface area contributed by atoms with Gasteiger partial charge in [-0.15, -0.1) is 0 Å². The Labute approximate surface area is 92.4 Å². The molecule has 1 aromatic rings. The number of nitrogens with one attached hydrogen (secondary N) is 1. The molecular formula is C11H12ClF2N. The lowest BCUT2D eigenvalue weighted by atomic mass is 10.00. The van der Waals surface area contributed by atoms with Gasteiger partial charge in [0.25, 0.3) is 5.92 Å². The predicted octanol–water partition coefficient (Wildman–Crippen LogP) is 3.18. The molecule has 1 N–H and O–H groups in total. The first-order valence-corrected chi connectivity index (χ1v) is 5.36. The van der Waals surface area contributed by atoms with Crippen molar-refractivity contribution in [2.45, 2.75) is 24.8 Å². The zero-order valence-electron chi connectivity index (χ0n) is 8.14. The molecule has 1 aliphatic heterocycles. The van der Waals surface area contributed by atoms with E-state index in [1.807, 2.05) is 0 Å². The molecule has 0 bridgehead atoms. The van der Waals surface area contributed by atoms with Gasteiger partial charge >= 0.3 is 0 Å². The van der Waals surface area contributed by atoms with Crippen LogP contribution in [0.25, 0.3) is 0 Å². The Morgan fingerprint density at radius 2 is 1.93 bits per heavy atom. The van der Waals surface area contributed by atoms with Crippen LogP contribution in [0.1, 0.15) is 18.4 Å². The molecule has 1 fully saturated rings. The lowest BCUT2D eigenvalue weighted by Gasteiger charge is -2.23. The van der Waals surface area contributed by atoms with E-state index >= 15 is 0 Å². The Morgan fingerprint density at radius 1 is 1.27 bits per heavy atom. The topological polar surface area (TPSA) is 12.0 Å². The van der Waals surface area contributed by atoms with Gasteiger partial charge in [0.15, 0.2) is 0 Å². The van der Waals surface area contributed by atoms with Crippen molar-refractivity contribution in [2.75, 3.05) is 6.54 Å². The van der Waals surface area contributed by atoms with E-state index in [4.69, 9.17) is 11.6 Å². The minimum atomic E-state index is -2.80. The van der Waals surface area contributed by atoms with Crippen molar-refractivity contribution in [3.05, 3.63) is 34.9 Å². The van der Waals surface area contributed by atoms with Crippen LogP contribution in [0.15, 0.2) is 24.3 Å². The largest absolute Gasteiger partial charge is 0.308 e. The van der Waals surface area contributed by atoms with Crippen LogP contribution >= 0.6 is 11.6 Å². The molecule has 0 amide bonds. The number of halogens is 3. The highest BCUT2D eigenvalue weighted by atomic mass is 35.5. The van der Waals surface area contributed by atoms with E-state index in [-0.39, 0.29) is 5.56 Å². The van der Waals surface area contributed by atoms with Gasteiger partial charge in [0.1, 0.15) is 0 Å². The lowest BCUT2D eigenvalue weighted by Crippen LogP contribution is -2.38. The molecule has 82 valence electrons. The zero-order chi connectivity index (χ0) is 10.9. The standard InChI is InChI=1S/C11H12ClF2N/c12-9-5-3-8(4-6-9)11(13,14)10-2-1-7-15-10/h3-6,10,15H,1-2,7H2. The Hall–Kier alpha value is -0.670. The summed E-state index contributed by atoms with van der Waals surface area (Å²) in [4.78, 5) is 0. The average Bonchev–Trinajstić information content (AvgIpc) is 2.71. The maximum atomic E-state index is 13.9. The first-order valence-electron chi connectivity index (χ1n) is 4.98. The van der Waals surface area contributed by atoms with Gasteiger partial charge in [0, 0.05) is 10.6 Å². The van der Waals surface area contributed by atoms with Gasteiger partial charge in [-0.1, -0.05) is 23.7 Å². The summed E-state index contributed by atoms with van der Waals surface area (Å²) in [6.45, 7) is 0.674. The number of hydrogen-bond donors (Lipinski definition) is 1. The fourth-order valence-corrected chi connectivity index (χ4v) is 1.99. The predicted molar refractivity (Wildman–Crippen MR) is 56.4 cm³/mol.